The van der Waals surface area contributed by atoms with E-state index in [1.165, 1.54) is 12.3 Å². The van der Waals surface area contributed by atoms with E-state index in [2.05, 4.69) is 20.5 Å². The Hall–Kier alpha value is -3.71. The fourth-order valence-corrected chi connectivity index (χ4v) is 2.91. The van der Waals surface area contributed by atoms with Crippen LogP contribution in [-0.4, -0.2) is 26.3 Å². The summed E-state index contributed by atoms with van der Waals surface area (Å²) in [5.74, 6) is -0.141. The lowest BCUT2D eigenvalue weighted by molar-refractivity contribution is 0.0690. The average Bonchev–Trinajstić information content (AvgIpc) is 2.75. The first-order valence-corrected chi connectivity index (χ1v) is 9.07. The number of carboxylic acids is 1. The fraction of sp³-hybridized carbons (Fsp3) is 0.0476. The van der Waals surface area contributed by atoms with Crippen molar-refractivity contribution in [1.82, 2.24) is 15.2 Å². The number of ether oxygens (including phenoxy) is 1. The molecular formula is C21H15ClN4O3. The number of nitrogens with zero attached hydrogens (tertiary/aromatic N) is 3. The molecule has 8 heteroatoms. The molecular weight excluding hydrogens is 392 g/mol. The van der Waals surface area contributed by atoms with Crippen molar-refractivity contribution in [2.24, 2.45) is 0 Å². The highest BCUT2D eigenvalue weighted by atomic mass is 35.5. The summed E-state index contributed by atoms with van der Waals surface area (Å²) in [6.45, 7) is 0.144. The number of halogens is 1. The molecule has 0 aliphatic carbocycles. The zero-order valence-corrected chi connectivity index (χ0v) is 15.8. The first-order chi connectivity index (χ1) is 14.1. The third-order valence-corrected chi connectivity index (χ3v) is 4.43. The monoisotopic (exact) mass is 406 g/mol. The van der Waals surface area contributed by atoms with Crippen molar-refractivity contribution in [3.63, 3.8) is 0 Å². The van der Waals surface area contributed by atoms with Crippen molar-refractivity contribution in [3.8, 4) is 5.88 Å². The van der Waals surface area contributed by atoms with Gasteiger partial charge in [-0.15, -0.1) is 10.2 Å². The number of pyridine rings is 1. The van der Waals surface area contributed by atoms with Gasteiger partial charge in [0.25, 0.3) is 0 Å². The molecule has 0 spiro atoms. The maximum Gasteiger partial charge on any atom is 0.354 e. The summed E-state index contributed by atoms with van der Waals surface area (Å²) in [5.41, 5.74) is 1.47. The Kier molecular flexibility index (Phi) is 5.22. The lowest BCUT2D eigenvalue weighted by Crippen LogP contribution is -2.05. The SMILES string of the molecule is O=C(O)c1cc(COc2nnc(Nc3ccc(Cl)cc3)c3ccccc23)ccn1. The number of rotatable bonds is 6. The maximum absolute atomic E-state index is 11.1. The van der Waals surface area contributed by atoms with Crippen molar-refractivity contribution < 1.29 is 14.6 Å². The summed E-state index contributed by atoms with van der Waals surface area (Å²) >= 11 is 5.93. The number of fused-ring (bicyclic) bond motifs is 1. The standard InChI is InChI=1S/C21H15ClN4O3/c22-14-5-7-15(8-6-14)24-19-16-3-1-2-4-17(16)20(26-25-19)29-12-13-9-10-23-18(11-13)21(27)28/h1-11H,12H2,(H,24,25)(H,27,28). The lowest BCUT2D eigenvalue weighted by atomic mass is 10.2. The predicted molar refractivity (Wildman–Crippen MR) is 110 cm³/mol. The topological polar surface area (TPSA) is 97.2 Å². The van der Waals surface area contributed by atoms with Crippen LogP contribution in [0, 0.1) is 0 Å². The Morgan fingerprint density at radius 2 is 1.79 bits per heavy atom. The molecule has 144 valence electrons. The Balaban J connectivity index is 1.60. The molecule has 0 saturated heterocycles. The van der Waals surface area contributed by atoms with E-state index in [-0.39, 0.29) is 12.3 Å². The summed E-state index contributed by atoms with van der Waals surface area (Å²) in [6.07, 6.45) is 1.44. The minimum Gasteiger partial charge on any atom is -0.477 e. The first-order valence-electron chi connectivity index (χ1n) is 8.69. The van der Waals surface area contributed by atoms with Crippen LogP contribution >= 0.6 is 11.6 Å². The van der Waals surface area contributed by atoms with Gasteiger partial charge >= 0.3 is 5.97 Å². The van der Waals surface area contributed by atoms with Gasteiger partial charge in [0.05, 0.1) is 0 Å². The van der Waals surface area contributed by atoms with Crippen molar-refractivity contribution in [1.29, 1.82) is 0 Å². The zero-order valence-electron chi connectivity index (χ0n) is 15.0. The van der Waals surface area contributed by atoms with Crippen LogP contribution in [0.3, 0.4) is 0 Å². The van der Waals surface area contributed by atoms with E-state index in [9.17, 15) is 4.79 Å². The molecule has 0 radical (unpaired) electrons. The summed E-state index contributed by atoms with van der Waals surface area (Å²) in [5, 5.41) is 23.0. The number of carbonyl (C=O) groups is 1. The number of benzene rings is 2. The van der Waals surface area contributed by atoms with Crippen molar-refractivity contribution in [3.05, 3.63) is 83.1 Å². The number of aromatic carboxylic acids is 1. The van der Waals surface area contributed by atoms with Crippen LogP contribution in [0.1, 0.15) is 16.1 Å². The molecule has 4 rings (SSSR count). The minimum absolute atomic E-state index is 0.0374. The Morgan fingerprint density at radius 3 is 2.55 bits per heavy atom. The van der Waals surface area contributed by atoms with Gasteiger partial charge in [-0.2, -0.15) is 0 Å². The van der Waals surface area contributed by atoms with Gasteiger partial charge in [0, 0.05) is 27.7 Å². The second-order valence-electron chi connectivity index (χ2n) is 6.17. The van der Waals surface area contributed by atoms with Crippen LogP contribution < -0.4 is 10.1 Å². The van der Waals surface area contributed by atoms with Crippen molar-refractivity contribution in [2.45, 2.75) is 6.61 Å². The van der Waals surface area contributed by atoms with E-state index in [0.717, 1.165) is 16.5 Å². The second-order valence-corrected chi connectivity index (χ2v) is 6.61. The molecule has 0 atom stereocenters. The van der Waals surface area contributed by atoms with Gasteiger partial charge in [-0.3, -0.25) is 0 Å². The van der Waals surface area contributed by atoms with E-state index in [4.69, 9.17) is 21.4 Å². The smallest absolute Gasteiger partial charge is 0.354 e. The van der Waals surface area contributed by atoms with E-state index >= 15 is 0 Å². The maximum atomic E-state index is 11.1. The molecule has 4 aromatic rings. The molecule has 0 amide bonds. The number of anilines is 2. The average molecular weight is 407 g/mol. The summed E-state index contributed by atoms with van der Waals surface area (Å²) in [4.78, 5) is 14.9. The molecule has 2 aromatic carbocycles. The van der Waals surface area contributed by atoms with Gasteiger partial charge in [0.15, 0.2) is 5.82 Å². The molecule has 0 bridgehead atoms. The van der Waals surface area contributed by atoms with Crippen LogP contribution in [0.15, 0.2) is 66.9 Å². The Morgan fingerprint density at radius 1 is 1.03 bits per heavy atom. The number of hydrogen-bond donors (Lipinski definition) is 2. The fourth-order valence-electron chi connectivity index (χ4n) is 2.78. The van der Waals surface area contributed by atoms with Crippen molar-refractivity contribution in [2.75, 3.05) is 5.32 Å². The van der Waals surface area contributed by atoms with E-state index < -0.39 is 5.97 Å². The minimum atomic E-state index is -1.09. The summed E-state index contributed by atoms with van der Waals surface area (Å²) < 4.78 is 5.82. The van der Waals surface area contributed by atoms with Gasteiger partial charge in [-0.25, -0.2) is 9.78 Å². The number of aromatic nitrogens is 3. The van der Waals surface area contributed by atoms with Crippen LogP contribution in [0.5, 0.6) is 5.88 Å². The highest BCUT2D eigenvalue weighted by Crippen LogP contribution is 2.30. The number of hydrogen-bond acceptors (Lipinski definition) is 6. The van der Waals surface area contributed by atoms with Crippen LogP contribution in [0.25, 0.3) is 10.8 Å². The molecule has 0 fully saturated rings. The second kappa shape index (κ2) is 8.12. The normalized spacial score (nSPS) is 10.7. The van der Waals surface area contributed by atoms with Gasteiger partial charge in [0.1, 0.15) is 12.3 Å². The Bertz CT molecular complexity index is 1180. The molecule has 0 aliphatic rings. The summed E-state index contributed by atoms with van der Waals surface area (Å²) in [6, 6.07) is 18.0. The molecule has 0 unspecified atom stereocenters. The molecule has 2 aromatic heterocycles. The van der Waals surface area contributed by atoms with Gasteiger partial charge in [-0.1, -0.05) is 29.8 Å². The molecule has 7 nitrogen and oxygen atoms in total. The largest absolute Gasteiger partial charge is 0.477 e. The molecule has 2 heterocycles. The molecule has 2 N–H and O–H groups in total. The van der Waals surface area contributed by atoms with Crippen LogP contribution in [0.4, 0.5) is 11.5 Å². The van der Waals surface area contributed by atoms with Gasteiger partial charge in [0.2, 0.25) is 5.88 Å². The molecule has 0 aliphatic heterocycles. The highest BCUT2D eigenvalue weighted by molar-refractivity contribution is 6.30. The van der Waals surface area contributed by atoms with Gasteiger partial charge in [-0.05, 0) is 48.0 Å². The lowest BCUT2D eigenvalue weighted by Gasteiger charge is -2.12. The number of carboxylic acid groups (broad SMARTS) is 1. The quantitative estimate of drug-likeness (QED) is 0.479. The van der Waals surface area contributed by atoms with E-state index in [0.29, 0.717) is 22.3 Å². The van der Waals surface area contributed by atoms with E-state index in [1.807, 2.05) is 36.4 Å². The van der Waals surface area contributed by atoms with Crippen LogP contribution in [-0.2, 0) is 6.61 Å². The zero-order chi connectivity index (χ0) is 20.2. The van der Waals surface area contributed by atoms with Gasteiger partial charge < -0.3 is 15.2 Å². The molecule has 29 heavy (non-hydrogen) atoms. The van der Waals surface area contributed by atoms with Crippen molar-refractivity contribution >= 4 is 39.8 Å². The third-order valence-electron chi connectivity index (χ3n) is 4.18. The highest BCUT2D eigenvalue weighted by Gasteiger charge is 2.11. The predicted octanol–water partition coefficient (Wildman–Crippen LogP) is 4.70. The van der Waals surface area contributed by atoms with E-state index in [1.54, 1.807) is 18.2 Å². The third kappa shape index (κ3) is 4.25. The summed E-state index contributed by atoms with van der Waals surface area (Å²) in [7, 11) is 0. The van der Waals surface area contributed by atoms with Crippen LogP contribution in [0.2, 0.25) is 5.02 Å². The Labute approximate surface area is 171 Å². The molecule has 0 saturated carbocycles. The first kappa shape index (κ1) is 18.6. The number of nitrogens with one attached hydrogen (secondary N) is 1.